The van der Waals surface area contributed by atoms with Gasteiger partial charge in [-0.3, -0.25) is 0 Å². The molecule has 2 heteroatoms. The molecule has 0 spiro atoms. The van der Waals surface area contributed by atoms with Gasteiger partial charge in [0.15, 0.2) is 0 Å². The van der Waals surface area contributed by atoms with E-state index in [1.165, 1.54) is 0 Å². The van der Waals surface area contributed by atoms with E-state index in [9.17, 15) is 10.2 Å². The predicted molar refractivity (Wildman–Crippen MR) is 53.4 cm³/mol. The first-order valence-electron chi connectivity index (χ1n) is 4.63. The van der Waals surface area contributed by atoms with Crippen LogP contribution in [-0.4, -0.2) is 16.3 Å². The Hall–Kier alpha value is -0.760. The van der Waals surface area contributed by atoms with E-state index in [-0.39, 0.29) is 17.1 Å². The Kier molecular flexibility index (Phi) is 2.53. The van der Waals surface area contributed by atoms with Gasteiger partial charge in [-0.15, -0.1) is 0 Å². The van der Waals surface area contributed by atoms with Crippen LogP contribution in [0.15, 0.2) is 23.5 Å². The molecular weight excluding hydrogens is 164 g/mol. The van der Waals surface area contributed by atoms with Crippen molar-refractivity contribution in [2.24, 2.45) is 11.3 Å². The number of aliphatic hydroxyl groups is 2. The minimum Gasteiger partial charge on any atom is -0.508 e. The minimum absolute atomic E-state index is 0.000718. The Morgan fingerprint density at radius 2 is 1.85 bits per heavy atom. The molecule has 2 nitrogen and oxygen atoms in total. The van der Waals surface area contributed by atoms with Crippen LogP contribution in [-0.2, 0) is 0 Å². The average molecular weight is 182 g/mol. The van der Waals surface area contributed by atoms with Crippen LogP contribution in [0.5, 0.6) is 0 Å². The fourth-order valence-electron chi connectivity index (χ4n) is 1.60. The first-order valence-corrected chi connectivity index (χ1v) is 4.63. The first-order chi connectivity index (χ1) is 5.82. The number of aliphatic hydroxyl groups excluding tert-OH is 2. The maximum Gasteiger partial charge on any atom is 0.112 e. The molecule has 1 aliphatic rings. The summed E-state index contributed by atoms with van der Waals surface area (Å²) in [6.07, 6.45) is 2.89. The SMILES string of the molecule is CC1C=C(O)C=C(C(C)(C)C)C1O. The molecule has 0 fully saturated rings. The predicted octanol–water partition coefficient (Wildman–Crippen LogP) is 2.41. The summed E-state index contributed by atoms with van der Waals surface area (Å²) < 4.78 is 0. The van der Waals surface area contributed by atoms with E-state index in [1.54, 1.807) is 12.2 Å². The topological polar surface area (TPSA) is 40.5 Å². The average Bonchev–Trinajstić information content (AvgIpc) is 1.94. The van der Waals surface area contributed by atoms with E-state index in [0.29, 0.717) is 0 Å². The monoisotopic (exact) mass is 182 g/mol. The molecule has 0 aromatic heterocycles. The van der Waals surface area contributed by atoms with Gasteiger partial charge >= 0.3 is 0 Å². The number of rotatable bonds is 0. The summed E-state index contributed by atoms with van der Waals surface area (Å²) in [5, 5.41) is 19.3. The lowest BCUT2D eigenvalue weighted by molar-refractivity contribution is 0.144. The summed E-state index contributed by atoms with van der Waals surface area (Å²) in [5.41, 5.74) is 0.815. The third-order valence-electron chi connectivity index (χ3n) is 2.42. The van der Waals surface area contributed by atoms with Crippen molar-refractivity contribution < 1.29 is 10.2 Å². The van der Waals surface area contributed by atoms with E-state index >= 15 is 0 Å². The Balaban J connectivity index is 3.02. The molecule has 0 amide bonds. The van der Waals surface area contributed by atoms with Crippen LogP contribution in [0.3, 0.4) is 0 Å². The van der Waals surface area contributed by atoms with Crippen molar-refractivity contribution in [3.05, 3.63) is 23.5 Å². The fourth-order valence-corrected chi connectivity index (χ4v) is 1.60. The zero-order chi connectivity index (χ0) is 10.2. The van der Waals surface area contributed by atoms with Gasteiger partial charge in [0.25, 0.3) is 0 Å². The third kappa shape index (κ3) is 2.13. The van der Waals surface area contributed by atoms with Crippen LogP contribution >= 0.6 is 0 Å². The Morgan fingerprint density at radius 3 is 2.31 bits per heavy atom. The minimum atomic E-state index is -0.462. The highest BCUT2D eigenvalue weighted by atomic mass is 16.3. The summed E-state index contributed by atoms with van der Waals surface area (Å²) in [6, 6.07) is 0. The van der Waals surface area contributed by atoms with E-state index < -0.39 is 6.10 Å². The van der Waals surface area contributed by atoms with Crippen LogP contribution in [0.1, 0.15) is 27.7 Å². The summed E-state index contributed by atoms with van der Waals surface area (Å²) in [5.74, 6) is 0.266. The molecule has 0 aromatic carbocycles. The third-order valence-corrected chi connectivity index (χ3v) is 2.42. The Labute approximate surface area is 79.6 Å². The lowest BCUT2D eigenvalue weighted by Crippen LogP contribution is -2.29. The summed E-state index contributed by atoms with van der Waals surface area (Å²) in [4.78, 5) is 0. The molecule has 0 aromatic rings. The van der Waals surface area contributed by atoms with Gasteiger partial charge in [-0.25, -0.2) is 0 Å². The number of allylic oxidation sites excluding steroid dienone is 1. The zero-order valence-corrected chi connectivity index (χ0v) is 8.70. The molecule has 74 valence electrons. The maximum absolute atomic E-state index is 9.87. The van der Waals surface area contributed by atoms with Crippen molar-refractivity contribution in [2.45, 2.75) is 33.8 Å². The van der Waals surface area contributed by atoms with Crippen LogP contribution in [0, 0.1) is 11.3 Å². The molecule has 2 atom stereocenters. The van der Waals surface area contributed by atoms with Gasteiger partial charge in [-0.2, -0.15) is 0 Å². The van der Waals surface area contributed by atoms with Crippen molar-refractivity contribution >= 4 is 0 Å². The molecule has 1 rings (SSSR count). The van der Waals surface area contributed by atoms with E-state index in [4.69, 9.17) is 0 Å². The van der Waals surface area contributed by atoms with Crippen molar-refractivity contribution in [3.63, 3.8) is 0 Å². The number of hydrogen-bond donors (Lipinski definition) is 2. The molecule has 0 radical (unpaired) electrons. The molecule has 1 aliphatic carbocycles. The van der Waals surface area contributed by atoms with Gasteiger partial charge in [-0.1, -0.05) is 27.7 Å². The van der Waals surface area contributed by atoms with Gasteiger partial charge < -0.3 is 10.2 Å². The van der Waals surface area contributed by atoms with Crippen LogP contribution in [0.25, 0.3) is 0 Å². The summed E-state index contributed by atoms with van der Waals surface area (Å²) in [7, 11) is 0. The quantitative estimate of drug-likeness (QED) is 0.604. The van der Waals surface area contributed by atoms with E-state index in [0.717, 1.165) is 5.57 Å². The molecule has 0 heterocycles. The van der Waals surface area contributed by atoms with E-state index in [2.05, 4.69) is 0 Å². The van der Waals surface area contributed by atoms with Crippen molar-refractivity contribution in [1.82, 2.24) is 0 Å². The molecular formula is C11H18O2. The maximum atomic E-state index is 9.87. The highest BCUT2D eigenvalue weighted by Gasteiger charge is 2.29. The smallest absolute Gasteiger partial charge is 0.112 e. The van der Waals surface area contributed by atoms with Gasteiger partial charge in [0.2, 0.25) is 0 Å². The van der Waals surface area contributed by atoms with Gasteiger partial charge in [0.1, 0.15) is 5.76 Å². The fraction of sp³-hybridized carbons (Fsp3) is 0.636. The molecule has 0 saturated carbocycles. The second-order valence-electron chi connectivity index (χ2n) is 4.75. The van der Waals surface area contributed by atoms with Crippen LogP contribution in [0.4, 0.5) is 0 Å². The lowest BCUT2D eigenvalue weighted by Gasteiger charge is -2.32. The molecule has 0 aliphatic heterocycles. The lowest BCUT2D eigenvalue weighted by atomic mass is 9.77. The van der Waals surface area contributed by atoms with Crippen LogP contribution < -0.4 is 0 Å². The first kappa shape index (κ1) is 10.3. The van der Waals surface area contributed by atoms with Crippen molar-refractivity contribution in [1.29, 1.82) is 0 Å². The van der Waals surface area contributed by atoms with E-state index in [1.807, 2.05) is 27.7 Å². The molecule has 0 saturated heterocycles. The zero-order valence-electron chi connectivity index (χ0n) is 8.70. The van der Waals surface area contributed by atoms with Gasteiger partial charge in [0.05, 0.1) is 6.10 Å². The highest BCUT2D eigenvalue weighted by molar-refractivity contribution is 5.31. The molecule has 0 bridgehead atoms. The highest BCUT2D eigenvalue weighted by Crippen LogP contribution is 2.34. The standard InChI is InChI=1S/C11H18O2/c1-7-5-8(12)6-9(10(7)13)11(2,3)4/h5-7,10,12-13H,1-4H3. The second kappa shape index (κ2) is 3.18. The number of hydrogen-bond acceptors (Lipinski definition) is 2. The Morgan fingerprint density at radius 1 is 1.31 bits per heavy atom. The second-order valence-corrected chi connectivity index (χ2v) is 4.75. The molecule has 2 N–H and O–H groups in total. The summed E-state index contributed by atoms with van der Waals surface area (Å²) >= 11 is 0. The van der Waals surface area contributed by atoms with Gasteiger partial charge in [0, 0.05) is 5.92 Å². The largest absolute Gasteiger partial charge is 0.508 e. The van der Waals surface area contributed by atoms with Crippen LogP contribution in [0.2, 0.25) is 0 Å². The summed E-state index contributed by atoms with van der Waals surface area (Å²) in [6.45, 7) is 8.01. The Bertz CT molecular complexity index is 256. The normalized spacial score (nSPS) is 29.6. The van der Waals surface area contributed by atoms with Crippen molar-refractivity contribution in [3.8, 4) is 0 Å². The van der Waals surface area contributed by atoms with Gasteiger partial charge in [-0.05, 0) is 23.1 Å². The molecule has 13 heavy (non-hydrogen) atoms. The molecule has 2 unspecified atom stereocenters. The van der Waals surface area contributed by atoms with Crippen molar-refractivity contribution in [2.75, 3.05) is 0 Å².